The van der Waals surface area contributed by atoms with E-state index < -0.39 is 17.9 Å². The Labute approximate surface area is 175 Å². The second-order valence-electron chi connectivity index (χ2n) is 6.83. The van der Waals surface area contributed by atoms with Gasteiger partial charge in [-0.3, -0.25) is 4.79 Å². The molecule has 0 saturated heterocycles. The molecule has 0 aromatic heterocycles. The average Bonchev–Trinajstić information content (AvgIpc) is 2.68. The lowest BCUT2D eigenvalue weighted by Crippen LogP contribution is -2.25. The summed E-state index contributed by atoms with van der Waals surface area (Å²) >= 11 is 0. The molecule has 0 spiro atoms. The van der Waals surface area contributed by atoms with Gasteiger partial charge < -0.3 is 24.7 Å². The Kier molecular flexibility index (Phi) is 7.48. The van der Waals surface area contributed by atoms with Gasteiger partial charge in [0, 0.05) is 0 Å². The van der Waals surface area contributed by atoms with Crippen molar-refractivity contribution in [2.45, 2.75) is 40.5 Å². The van der Waals surface area contributed by atoms with Crippen LogP contribution in [0.25, 0.3) is 0 Å². The molecule has 0 amide bonds. The second kappa shape index (κ2) is 9.83. The summed E-state index contributed by atoms with van der Waals surface area (Å²) < 4.78 is 21.6. The number of esters is 2. The summed E-state index contributed by atoms with van der Waals surface area (Å²) in [6.07, 6.45) is 0. The van der Waals surface area contributed by atoms with Crippen LogP contribution in [0.2, 0.25) is 0 Å². The van der Waals surface area contributed by atoms with E-state index in [9.17, 15) is 14.9 Å². The minimum absolute atomic E-state index is 0.0815. The van der Waals surface area contributed by atoms with Crippen LogP contribution in [-0.4, -0.2) is 25.2 Å². The summed E-state index contributed by atoms with van der Waals surface area (Å²) in [6.45, 7) is 9.01. The fourth-order valence-corrected chi connectivity index (χ4v) is 2.97. The molecule has 0 aliphatic carbocycles. The van der Waals surface area contributed by atoms with Crippen molar-refractivity contribution in [3.63, 3.8) is 0 Å². The highest BCUT2D eigenvalue weighted by molar-refractivity contribution is 5.92. The summed E-state index contributed by atoms with van der Waals surface area (Å²) in [4.78, 5) is 24.6. The lowest BCUT2D eigenvalue weighted by atomic mass is 9.83. The summed E-state index contributed by atoms with van der Waals surface area (Å²) in [5.74, 6) is -1.40. The van der Waals surface area contributed by atoms with Gasteiger partial charge in [0.05, 0.1) is 30.6 Å². The van der Waals surface area contributed by atoms with Gasteiger partial charge in [0.25, 0.3) is 0 Å². The molecule has 8 heteroatoms. The van der Waals surface area contributed by atoms with Crippen LogP contribution in [0, 0.1) is 17.2 Å². The monoisotopic (exact) mass is 414 g/mol. The van der Waals surface area contributed by atoms with E-state index in [2.05, 4.69) is 0 Å². The lowest BCUT2D eigenvalue weighted by molar-refractivity contribution is -0.139. The molecule has 160 valence electrons. The van der Waals surface area contributed by atoms with E-state index >= 15 is 0 Å². The van der Waals surface area contributed by atoms with E-state index in [4.69, 9.17) is 24.7 Å². The number of hydrogen-bond donors (Lipinski definition) is 1. The van der Waals surface area contributed by atoms with E-state index in [1.165, 1.54) is 0 Å². The molecule has 1 aromatic carbocycles. The number of rotatable bonds is 7. The van der Waals surface area contributed by atoms with Crippen molar-refractivity contribution >= 4 is 11.9 Å². The molecule has 1 heterocycles. The highest BCUT2D eigenvalue weighted by Crippen LogP contribution is 2.42. The van der Waals surface area contributed by atoms with Gasteiger partial charge in [-0.25, -0.2) is 4.79 Å². The Balaban J connectivity index is 2.60. The third kappa shape index (κ3) is 4.74. The fraction of sp³-hybridized carbons (Fsp3) is 0.409. The second-order valence-corrected chi connectivity index (χ2v) is 6.83. The van der Waals surface area contributed by atoms with Crippen LogP contribution in [-0.2, 0) is 19.1 Å². The molecular weight excluding hydrogens is 388 g/mol. The minimum Gasteiger partial charge on any atom is -0.490 e. The molecule has 1 unspecified atom stereocenters. The highest BCUT2D eigenvalue weighted by Gasteiger charge is 2.36. The van der Waals surface area contributed by atoms with E-state index in [0.717, 1.165) is 0 Å². The number of carbonyl (C=O) groups excluding carboxylic acids is 2. The van der Waals surface area contributed by atoms with Crippen LogP contribution in [0.5, 0.6) is 11.5 Å². The van der Waals surface area contributed by atoms with Crippen molar-refractivity contribution in [3.8, 4) is 17.6 Å². The van der Waals surface area contributed by atoms with Crippen LogP contribution in [0.1, 0.15) is 46.1 Å². The summed E-state index contributed by atoms with van der Waals surface area (Å²) in [5.41, 5.74) is 6.73. The maximum absolute atomic E-state index is 12.6. The van der Waals surface area contributed by atoms with Crippen molar-refractivity contribution in [2.24, 2.45) is 11.7 Å². The van der Waals surface area contributed by atoms with Gasteiger partial charge in [0.2, 0.25) is 5.88 Å². The molecule has 1 aliphatic heterocycles. The molecule has 1 aliphatic rings. The molecule has 2 rings (SSSR count). The number of hydrogen-bond acceptors (Lipinski definition) is 8. The van der Waals surface area contributed by atoms with Crippen molar-refractivity contribution in [2.75, 3.05) is 13.2 Å². The topological polar surface area (TPSA) is 121 Å². The van der Waals surface area contributed by atoms with Crippen molar-refractivity contribution in [1.82, 2.24) is 0 Å². The van der Waals surface area contributed by atoms with Crippen LogP contribution in [0.4, 0.5) is 0 Å². The average molecular weight is 414 g/mol. The van der Waals surface area contributed by atoms with Crippen molar-refractivity contribution < 1.29 is 28.5 Å². The van der Waals surface area contributed by atoms with Gasteiger partial charge in [0.1, 0.15) is 17.4 Å². The SMILES string of the molecule is CCOC(=O)C1=C(C)OC(N)=C(C#N)C1c1ccc(OC(=O)C(C)C)c(OCC)c1. The van der Waals surface area contributed by atoms with Gasteiger partial charge in [0.15, 0.2) is 11.5 Å². The fourth-order valence-electron chi connectivity index (χ4n) is 2.97. The minimum atomic E-state index is -0.808. The van der Waals surface area contributed by atoms with E-state index in [0.29, 0.717) is 17.9 Å². The molecule has 1 aromatic rings. The zero-order chi connectivity index (χ0) is 22.4. The first-order valence-corrected chi connectivity index (χ1v) is 9.68. The number of nitrogens with two attached hydrogens (primary N) is 1. The first-order valence-electron chi connectivity index (χ1n) is 9.68. The van der Waals surface area contributed by atoms with Crippen LogP contribution in [0.15, 0.2) is 41.0 Å². The molecule has 0 saturated carbocycles. The van der Waals surface area contributed by atoms with Gasteiger partial charge >= 0.3 is 11.9 Å². The quantitative estimate of drug-likeness (QED) is 0.533. The zero-order valence-corrected chi connectivity index (χ0v) is 17.8. The normalized spacial score (nSPS) is 16.1. The van der Waals surface area contributed by atoms with Crippen LogP contribution in [0.3, 0.4) is 0 Å². The highest BCUT2D eigenvalue weighted by atomic mass is 16.6. The molecule has 0 bridgehead atoms. The number of allylic oxidation sites excluding steroid dienone is 2. The first kappa shape index (κ1) is 22.8. The Morgan fingerprint density at radius 1 is 1.23 bits per heavy atom. The Hall–Kier alpha value is -3.47. The summed E-state index contributed by atoms with van der Waals surface area (Å²) in [7, 11) is 0. The first-order chi connectivity index (χ1) is 14.2. The summed E-state index contributed by atoms with van der Waals surface area (Å²) in [6, 6.07) is 6.87. The number of nitriles is 1. The van der Waals surface area contributed by atoms with Gasteiger partial charge in [-0.1, -0.05) is 19.9 Å². The number of ether oxygens (including phenoxy) is 4. The zero-order valence-electron chi connectivity index (χ0n) is 17.8. The number of nitrogens with zero attached hydrogens (tertiary/aromatic N) is 1. The maximum atomic E-state index is 12.6. The Bertz CT molecular complexity index is 939. The molecule has 8 nitrogen and oxygen atoms in total. The van der Waals surface area contributed by atoms with Crippen LogP contribution >= 0.6 is 0 Å². The Morgan fingerprint density at radius 3 is 2.50 bits per heavy atom. The predicted molar refractivity (Wildman–Crippen MR) is 108 cm³/mol. The molecule has 1 atom stereocenters. The molecule has 0 fully saturated rings. The molecule has 30 heavy (non-hydrogen) atoms. The van der Waals surface area contributed by atoms with Gasteiger partial charge in [-0.2, -0.15) is 5.26 Å². The maximum Gasteiger partial charge on any atom is 0.338 e. The predicted octanol–water partition coefficient (Wildman–Crippen LogP) is 3.29. The van der Waals surface area contributed by atoms with Crippen molar-refractivity contribution in [1.29, 1.82) is 5.26 Å². The Morgan fingerprint density at radius 2 is 1.93 bits per heavy atom. The standard InChI is InChI=1S/C22H26N2O6/c1-6-27-17-10-14(8-9-16(17)30-21(25)12(3)4)19-15(11-23)20(24)29-13(5)18(19)22(26)28-7-2/h8-10,12,19H,6-7,24H2,1-5H3. The largest absolute Gasteiger partial charge is 0.490 e. The van der Waals surface area contributed by atoms with Crippen molar-refractivity contribution in [3.05, 3.63) is 46.6 Å². The summed E-state index contributed by atoms with van der Waals surface area (Å²) in [5, 5.41) is 9.67. The molecule has 2 N–H and O–H groups in total. The van der Waals surface area contributed by atoms with E-state index in [1.54, 1.807) is 52.8 Å². The third-order valence-corrected chi connectivity index (χ3v) is 4.38. The van der Waals surface area contributed by atoms with E-state index in [1.807, 2.05) is 6.07 Å². The van der Waals surface area contributed by atoms with E-state index in [-0.39, 0.29) is 41.1 Å². The lowest BCUT2D eigenvalue weighted by Gasteiger charge is -2.27. The van der Waals surface area contributed by atoms with Gasteiger partial charge in [-0.05, 0) is 38.5 Å². The third-order valence-electron chi connectivity index (χ3n) is 4.38. The van der Waals surface area contributed by atoms with Crippen LogP contribution < -0.4 is 15.2 Å². The molecular formula is C22H26N2O6. The number of carbonyl (C=O) groups is 2. The number of benzene rings is 1. The van der Waals surface area contributed by atoms with Gasteiger partial charge in [-0.15, -0.1) is 0 Å². The smallest absolute Gasteiger partial charge is 0.338 e. The molecule has 0 radical (unpaired) electrons.